The molecule has 1 N–H and O–H groups in total. The van der Waals surface area contributed by atoms with Crippen molar-refractivity contribution in [1.82, 2.24) is 0 Å². The molecule has 0 fully saturated rings. The highest BCUT2D eigenvalue weighted by Crippen LogP contribution is 2.39. The smallest absolute Gasteiger partial charge is 0.170 e. The maximum atomic E-state index is 13.6. The number of allylic oxidation sites excluding steroid dienone is 1. The van der Waals surface area contributed by atoms with Gasteiger partial charge in [-0.1, -0.05) is 11.6 Å². The van der Waals surface area contributed by atoms with Gasteiger partial charge in [0, 0.05) is 6.07 Å². The van der Waals surface area contributed by atoms with Crippen LogP contribution in [0.15, 0.2) is 42.5 Å². The van der Waals surface area contributed by atoms with Crippen LogP contribution in [0.3, 0.4) is 0 Å². The van der Waals surface area contributed by atoms with E-state index in [1.54, 1.807) is 19.2 Å². The number of benzene rings is 2. The van der Waals surface area contributed by atoms with Gasteiger partial charge in [0.1, 0.15) is 17.6 Å². The summed E-state index contributed by atoms with van der Waals surface area (Å²) < 4.78 is 25.0. The highest BCUT2D eigenvalue weighted by atomic mass is 19.1. The van der Waals surface area contributed by atoms with Gasteiger partial charge in [-0.2, -0.15) is 0 Å². The first kappa shape index (κ1) is 18.0. The van der Waals surface area contributed by atoms with Gasteiger partial charge in [0.15, 0.2) is 17.3 Å². The number of methoxy groups -OCH3 is 1. The van der Waals surface area contributed by atoms with Crippen LogP contribution >= 0.6 is 0 Å². The molecular weight excluding hydrogens is 335 g/mol. The summed E-state index contributed by atoms with van der Waals surface area (Å²) in [5.41, 5.74) is 3.00. The molecule has 26 heavy (non-hydrogen) atoms. The van der Waals surface area contributed by atoms with Crippen LogP contribution in [0.5, 0.6) is 17.2 Å². The van der Waals surface area contributed by atoms with Crippen molar-refractivity contribution < 1.29 is 23.8 Å². The summed E-state index contributed by atoms with van der Waals surface area (Å²) in [6.45, 7) is 5.86. The molecule has 1 atom stereocenters. The third-order valence-corrected chi connectivity index (χ3v) is 4.49. The fourth-order valence-corrected chi connectivity index (χ4v) is 3.04. The van der Waals surface area contributed by atoms with Crippen LogP contribution in [-0.4, -0.2) is 18.0 Å². The summed E-state index contributed by atoms with van der Waals surface area (Å²) >= 11 is 0. The van der Waals surface area contributed by atoms with E-state index in [1.807, 2.05) is 13.0 Å². The molecule has 1 heterocycles. The third-order valence-electron chi connectivity index (χ3n) is 4.49. The van der Waals surface area contributed by atoms with E-state index in [0.717, 1.165) is 24.0 Å². The monoisotopic (exact) mass is 356 g/mol. The number of hydrogen-bond donors (Lipinski definition) is 1. The number of aromatic hydroxyl groups is 1. The normalized spacial score (nSPS) is 16.0. The molecule has 4 nitrogen and oxygen atoms in total. The minimum absolute atomic E-state index is 0.0658. The van der Waals surface area contributed by atoms with Gasteiger partial charge >= 0.3 is 0 Å². The minimum atomic E-state index is -0.739. The van der Waals surface area contributed by atoms with E-state index < -0.39 is 17.7 Å². The number of carbonyl (C=O) groups is 1. The zero-order valence-electron chi connectivity index (χ0n) is 14.8. The van der Waals surface area contributed by atoms with Crippen molar-refractivity contribution in [3.63, 3.8) is 0 Å². The van der Waals surface area contributed by atoms with E-state index in [-0.39, 0.29) is 12.2 Å². The molecule has 0 bridgehead atoms. The van der Waals surface area contributed by atoms with Crippen molar-refractivity contribution in [3.8, 4) is 17.2 Å². The zero-order valence-corrected chi connectivity index (χ0v) is 14.8. The van der Waals surface area contributed by atoms with Crippen LogP contribution in [0, 0.1) is 5.82 Å². The van der Waals surface area contributed by atoms with E-state index in [1.165, 1.54) is 12.1 Å². The van der Waals surface area contributed by atoms with Gasteiger partial charge in [-0.15, -0.1) is 6.58 Å². The molecule has 0 amide bonds. The minimum Gasteiger partial charge on any atom is -0.505 e. The van der Waals surface area contributed by atoms with Gasteiger partial charge in [0.25, 0.3) is 0 Å². The second kappa shape index (κ2) is 7.20. The molecule has 3 rings (SSSR count). The lowest BCUT2D eigenvalue weighted by Gasteiger charge is -2.27. The Kier molecular flexibility index (Phi) is 4.98. The van der Waals surface area contributed by atoms with Crippen molar-refractivity contribution in [2.75, 3.05) is 7.11 Å². The van der Waals surface area contributed by atoms with Crippen molar-refractivity contribution in [3.05, 3.63) is 65.0 Å². The van der Waals surface area contributed by atoms with E-state index in [0.29, 0.717) is 22.6 Å². The summed E-state index contributed by atoms with van der Waals surface area (Å²) in [5, 5.41) is 9.33. The number of halogens is 1. The molecule has 2 aromatic carbocycles. The molecule has 0 radical (unpaired) electrons. The third kappa shape index (κ3) is 3.57. The molecule has 5 heteroatoms. The van der Waals surface area contributed by atoms with Gasteiger partial charge in [-0.05, 0) is 49.1 Å². The van der Waals surface area contributed by atoms with Gasteiger partial charge < -0.3 is 14.6 Å². The van der Waals surface area contributed by atoms with Crippen molar-refractivity contribution >= 4 is 5.78 Å². The number of hydrogen-bond acceptors (Lipinski definition) is 4. The summed E-state index contributed by atoms with van der Waals surface area (Å²) in [4.78, 5) is 12.6. The maximum Gasteiger partial charge on any atom is 0.170 e. The summed E-state index contributed by atoms with van der Waals surface area (Å²) in [7, 11) is 1.57. The van der Waals surface area contributed by atoms with E-state index in [9.17, 15) is 14.3 Å². The number of ketones is 1. The second-order valence-electron chi connectivity index (χ2n) is 6.56. The number of fused-ring (bicyclic) bond motifs is 1. The molecule has 1 unspecified atom stereocenters. The predicted octanol–water partition coefficient (Wildman–Crippen LogP) is 4.76. The molecule has 136 valence electrons. The molecular formula is C21H21FO4. The Hall–Kier alpha value is -2.82. The largest absolute Gasteiger partial charge is 0.505 e. The number of phenolic OH excluding ortho intramolecular Hbond substituents is 1. The standard InChI is InChI=1S/C21H21FO4/c1-12(2)4-5-13-8-15-18(24)10-20(26-21(15)11-19(13)25-3)14-6-7-17(23)16(22)9-14/h6-9,11,20,23H,1,4-5,10H2,2-3H3. The first-order chi connectivity index (χ1) is 12.4. The van der Waals surface area contributed by atoms with Gasteiger partial charge in [-0.25, -0.2) is 4.39 Å². The highest BCUT2D eigenvalue weighted by Gasteiger charge is 2.29. The van der Waals surface area contributed by atoms with Gasteiger partial charge in [-0.3, -0.25) is 4.79 Å². The first-order valence-electron chi connectivity index (χ1n) is 8.42. The van der Waals surface area contributed by atoms with Crippen LogP contribution in [0.25, 0.3) is 0 Å². The van der Waals surface area contributed by atoms with Crippen molar-refractivity contribution in [2.45, 2.75) is 32.3 Å². The first-order valence-corrected chi connectivity index (χ1v) is 8.42. The highest BCUT2D eigenvalue weighted by molar-refractivity contribution is 6.00. The number of Topliss-reactive ketones (excluding diaryl/α,β-unsaturated/α-hetero) is 1. The lowest BCUT2D eigenvalue weighted by Crippen LogP contribution is -2.21. The number of carbonyl (C=O) groups excluding carboxylic acids is 1. The fraction of sp³-hybridized carbons (Fsp3) is 0.286. The molecule has 0 saturated carbocycles. The summed E-state index contributed by atoms with van der Waals surface area (Å²) in [5.74, 6) is -0.160. The second-order valence-corrected chi connectivity index (χ2v) is 6.56. The van der Waals surface area contributed by atoms with Crippen LogP contribution in [0.4, 0.5) is 4.39 Å². The Morgan fingerprint density at radius 3 is 2.81 bits per heavy atom. The van der Waals surface area contributed by atoms with E-state index in [2.05, 4.69) is 6.58 Å². The molecule has 0 aromatic heterocycles. The zero-order chi connectivity index (χ0) is 18.8. The molecule has 0 spiro atoms. The Balaban J connectivity index is 1.93. The predicted molar refractivity (Wildman–Crippen MR) is 96.5 cm³/mol. The van der Waals surface area contributed by atoms with Crippen LogP contribution in [0.1, 0.15) is 47.4 Å². The number of aryl methyl sites for hydroxylation is 1. The van der Waals surface area contributed by atoms with Crippen molar-refractivity contribution in [1.29, 1.82) is 0 Å². The molecule has 1 aliphatic rings. The average molecular weight is 356 g/mol. The van der Waals surface area contributed by atoms with Crippen LogP contribution in [-0.2, 0) is 6.42 Å². The Labute approximate surface area is 151 Å². The number of phenols is 1. The quantitative estimate of drug-likeness (QED) is 0.785. The number of ether oxygens (including phenoxy) is 2. The van der Waals surface area contributed by atoms with Crippen LogP contribution in [0.2, 0.25) is 0 Å². The van der Waals surface area contributed by atoms with Gasteiger partial charge in [0.05, 0.1) is 19.1 Å². The Morgan fingerprint density at radius 1 is 1.38 bits per heavy atom. The van der Waals surface area contributed by atoms with E-state index >= 15 is 0 Å². The SMILES string of the molecule is C=C(C)CCc1cc2c(cc1OC)OC(c1ccc(O)c(F)c1)CC2=O. The Bertz CT molecular complexity index is 873. The maximum absolute atomic E-state index is 13.6. The van der Waals surface area contributed by atoms with E-state index in [4.69, 9.17) is 9.47 Å². The van der Waals surface area contributed by atoms with Gasteiger partial charge in [0.2, 0.25) is 0 Å². The topological polar surface area (TPSA) is 55.8 Å². The summed E-state index contributed by atoms with van der Waals surface area (Å²) in [6, 6.07) is 7.53. The average Bonchev–Trinajstić information content (AvgIpc) is 2.61. The Morgan fingerprint density at radius 2 is 2.15 bits per heavy atom. The molecule has 2 aromatic rings. The molecule has 1 aliphatic heterocycles. The molecule has 0 aliphatic carbocycles. The van der Waals surface area contributed by atoms with Crippen molar-refractivity contribution in [2.24, 2.45) is 0 Å². The fourth-order valence-electron chi connectivity index (χ4n) is 3.04. The molecule has 0 saturated heterocycles. The lowest BCUT2D eigenvalue weighted by molar-refractivity contribution is 0.0848. The number of rotatable bonds is 5. The van der Waals surface area contributed by atoms with Crippen LogP contribution < -0.4 is 9.47 Å². The summed E-state index contributed by atoms with van der Waals surface area (Å²) in [6.07, 6.45) is 1.05. The lowest BCUT2D eigenvalue weighted by atomic mass is 9.93.